The van der Waals surface area contributed by atoms with E-state index in [1.165, 1.54) is 6.07 Å². The number of ether oxygens (including phenoxy) is 1. The van der Waals surface area contributed by atoms with Gasteiger partial charge in [-0.3, -0.25) is 0 Å². The van der Waals surface area contributed by atoms with Crippen molar-refractivity contribution in [2.45, 2.75) is 32.1 Å². The molecule has 3 heteroatoms. The molecule has 0 aliphatic carbocycles. The highest BCUT2D eigenvalue weighted by molar-refractivity contribution is 5.38. The van der Waals surface area contributed by atoms with Crippen molar-refractivity contribution in [2.24, 2.45) is 5.92 Å². The lowest BCUT2D eigenvalue weighted by Crippen LogP contribution is -2.33. The molecule has 0 saturated heterocycles. The van der Waals surface area contributed by atoms with Crippen molar-refractivity contribution in [1.29, 1.82) is 0 Å². The Balaban J connectivity index is 1.85. The number of halogens is 2. The zero-order valence-electron chi connectivity index (χ0n) is 16.7. The maximum atomic E-state index is 13.9. The van der Waals surface area contributed by atoms with E-state index in [4.69, 9.17) is 11.2 Å². The van der Waals surface area contributed by atoms with E-state index in [2.05, 4.69) is 12.8 Å². The van der Waals surface area contributed by atoms with Crippen molar-refractivity contribution in [2.75, 3.05) is 0 Å². The summed E-state index contributed by atoms with van der Waals surface area (Å²) in [5, 5.41) is 0. The maximum absolute atomic E-state index is 13.9. The Morgan fingerprint density at radius 1 is 0.931 bits per heavy atom. The van der Waals surface area contributed by atoms with Crippen LogP contribution in [-0.4, -0.2) is 0 Å². The summed E-state index contributed by atoms with van der Waals surface area (Å²) in [6.07, 6.45) is 7.24. The van der Waals surface area contributed by atoms with Gasteiger partial charge >= 0.3 is 0 Å². The Morgan fingerprint density at radius 2 is 1.66 bits per heavy atom. The van der Waals surface area contributed by atoms with E-state index >= 15 is 0 Å². The molecule has 3 aromatic carbocycles. The Morgan fingerprint density at radius 3 is 2.31 bits per heavy atom. The lowest BCUT2D eigenvalue weighted by Gasteiger charge is -2.34. The number of hydrogen-bond acceptors (Lipinski definition) is 1. The van der Waals surface area contributed by atoms with Crippen LogP contribution in [0.2, 0.25) is 0 Å². The SMILES string of the molecule is C#CC(CC)(c1ccc(F)c(F)c1)C(C)Cc1cccc(Oc2ccccc2)c1. The molecule has 0 N–H and O–H groups in total. The first-order valence-corrected chi connectivity index (χ1v) is 9.73. The van der Waals surface area contributed by atoms with Gasteiger partial charge in [-0.2, -0.15) is 0 Å². The van der Waals surface area contributed by atoms with Crippen molar-refractivity contribution < 1.29 is 13.5 Å². The lowest BCUT2D eigenvalue weighted by molar-refractivity contribution is 0.354. The van der Waals surface area contributed by atoms with E-state index in [0.29, 0.717) is 18.4 Å². The molecule has 1 nitrogen and oxygen atoms in total. The third-order valence-corrected chi connectivity index (χ3v) is 5.51. The fourth-order valence-electron chi connectivity index (χ4n) is 3.83. The van der Waals surface area contributed by atoms with Crippen molar-refractivity contribution in [1.82, 2.24) is 0 Å². The second kappa shape index (κ2) is 8.92. The number of benzene rings is 3. The molecule has 0 amide bonds. The van der Waals surface area contributed by atoms with Crippen LogP contribution in [0.15, 0.2) is 72.8 Å². The van der Waals surface area contributed by atoms with Crippen LogP contribution in [0, 0.1) is 29.9 Å². The number of terminal acetylenes is 1. The van der Waals surface area contributed by atoms with Gasteiger partial charge in [-0.25, -0.2) is 8.78 Å². The summed E-state index contributed by atoms with van der Waals surface area (Å²) >= 11 is 0. The normalized spacial score (nSPS) is 13.9. The second-order valence-corrected chi connectivity index (χ2v) is 7.27. The highest BCUT2D eigenvalue weighted by Gasteiger charge is 2.35. The average Bonchev–Trinajstić information content (AvgIpc) is 2.73. The molecule has 0 saturated carbocycles. The molecule has 0 heterocycles. The Bertz CT molecular complexity index is 1010. The summed E-state index contributed by atoms with van der Waals surface area (Å²) in [5.74, 6) is 2.67. The van der Waals surface area contributed by atoms with Crippen LogP contribution in [0.4, 0.5) is 8.78 Å². The van der Waals surface area contributed by atoms with Crippen LogP contribution in [0.1, 0.15) is 31.4 Å². The van der Waals surface area contributed by atoms with E-state index in [0.717, 1.165) is 23.1 Å². The first kappa shape index (κ1) is 20.6. The molecular weight excluding hydrogens is 366 g/mol. The minimum Gasteiger partial charge on any atom is -0.457 e. The molecule has 0 radical (unpaired) electrons. The van der Waals surface area contributed by atoms with Gasteiger partial charge in [0.2, 0.25) is 0 Å². The smallest absolute Gasteiger partial charge is 0.159 e. The van der Waals surface area contributed by atoms with E-state index < -0.39 is 17.0 Å². The quantitative estimate of drug-likeness (QED) is 0.398. The summed E-state index contributed by atoms with van der Waals surface area (Å²) in [5.41, 5.74) is 1.01. The topological polar surface area (TPSA) is 9.23 Å². The Kier molecular flexibility index (Phi) is 6.34. The van der Waals surface area contributed by atoms with Crippen LogP contribution in [0.5, 0.6) is 11.5 Å². The predicted octanol–water partition coefficient (Wildman–Crippen LogP) is 6.92. The molecule has 2 unspecified atom stereocenters. The summed E-state index contributed by atoms with van der Waals surface area (Å²) < 4.78 is 33.2. The summed E-state index contributed by atoms with van der Waals surface area (Å²) in [6, 6.07) is 21.4. The summed E-state index contributed by atoms with van der Waals surface area (Å²) in [7, 11) is 0. The molecule has 148 valence electrons. The highest BCUT2D eigenvalue weighted by Crippen LogP contribution is 2.38. The molecule has 0 aliphatic heterocycles. The Labute approximate surface area is 171 Å². The lowest BCUT2D eigenvalue weighted by atomic mass is 9.68. The minimum absolute atomic E-state index is 0.00864. The predicted molar refractivity (Wildman–Crippen MR) is 113 cm³/mol. The second-order valence-electron chi connectivity index (χ2n) is 7.27. The van der Waals surface area contributed by atoms with Crippen molar-refractivity contribution in [3.8, 4) is 23.8 Å². The largest absolute Gasteiger partial charge is 0.457 e. The molecule has 29 heavy (non-hydrogen) atoms. The first-order valence-electron chi connectivity index (χ1n) is 9.73. The monoisotopic (exact) mass is 390 g/mol. The van der Waals surface area contributed by atoms with Gasteiger partial charge in [0.25, 0.3) is 0 Å². The summed E-state index contributed by atoms with van der Waals surface area (Å²) in [6.45, 7) is 4.03. The third-order valence-electron chi connectivity index (χ3n) is 5.51. The number of hydrogen-bond donors (Lipinski definition) is 0. The van der Waals surface area contributed by atoms with Crippen LogP contribution in [-0.2, 0) is 11.8 Å². The van der Waals surface area contributed by atoms with Crippen LogP contribution >= 0.6 is 0 Å². The first-order chi connectivity index (χ1) is 14.0. The molecule has 0 bridgehead atoms. The average molecular weight is 390 g/mol. The van der Waals surface area contributed by atoms with Gasteiger partial charge in [-0.05, 0) is 66.3 Å². The van der Waals surface area contributed by atoms with Crippen molar-refractivity contribution >= 4 is 0 Å². The van der Waals surface area contributed by atoms with Gasteiger partial charge in [-0.15, -0.1) is 6.42 Å². The van der Waals surface area contributed by atoms with Crippen LogP contribution in [0.25, 0.3) is 0 Å². The van der Waals surface area contributed by atoms with E-state index in [1.807, 2.05) is 61.5 Å². The Hall–Kier alpha value is -3.12. The van der Waals surface area contributed by atoms with Gasteiger partial charge in [-0.1, -0.05) is 56.2 Å². The fraction of sp³-hybridized carbons (Fsp3) is 0.231. The van der Waals surface area contributed by atoms with Crippen LogP contribution in [0.3, 0.4) is 0 Å². The standard InChI is InChI=1S/C26H24F2O/c1-4-26(5-2,21-14-15-24(27)25(28)18-21)19(3)16-20-10-9-13-23(17-20)29-22-11-7-6-8-12-22/h1,6-15,17-19H,5,16H2,2-3H3. The van der Waals surface area contributed by atoms with E-state index in [-0.39, 0.29) is 5.92 Å². The minimum atomic E-state index is -0.874. The van der Waals surface area contributed by atoms with Crippen LogP contribution < -0.4 is 4.74 Å². The van der Waals surface area contributed by atoms with Gasteiger partial charge < -0.3 is 4.74 Å². The molecule has 0 spiro atoms. The van der Waals surface area contributed by atoms with E-state index in [1.54, 1.807) is 6.07 Å². The van der Waals surface area contributed by atoms with E-state index in [9.17, 15) is 8.78 Å². The molecule has 3 rings (SSSR count). The van der Waals surface area contributed by atoms with Gasteiger partial charge in [0.1, 0.15) is 11.5 Å². The van der Waals surface area contributed by atoms with Crippen molar-refractivity contribution in [3.05, 3.63) is 95.6 Å². The number of rotatable bonds is 7. The molecule has 3 aromatic rings. The highest BCUT2D eigenvalue weighted by atomic mass is 19.2. The molecular formula is C26H24F2O. The summed E-state index contributed by atoms with van der Waals surface area (Å²) in [4.78, 5) is 0. The fourth-order valence-corrected chi connectivity index (χ4v) is 3.83. The van der Waals surface area contributed by atoms with Crippen molar-refractivity contribution in [3.63, 3.8) is 0 Å². The number of para-hydroxylation sites is 1. The molecule has 0 aromatic heterocycles. The van der Waals surface area contributed by atoms with Gasteiger partial charge in [0, 0.05) is 0 Å². The van der Waals surface area contributed by atoms with Gasteiger partial charge in [0.15, 0.2) is 11.6 Å². The molecule has 0 aliphatic rings. The molecule has 2 atom stereocenters. The maximum Gasteiger partial charge on any atom is 0.159 e. The molecule has 0 fully saturated rings. The third kappa shape index (κ3) is 4.49. The zero-order chi connectivity index (χ0) is 20.9. The van der Waals surface area contributed by atoms with Gasteiger partial charge in [0.05, 0.1) is 5.41 Å². The zero-order valence-corrected chi connectivity index (χ0v) is 16.7.